The zero-order chi connectivity index (χ0) is 16.1. The SMILES string of the molecule is CC1CCN(c2nncc(N(C)CCc3ccncc3)n2)CC1. The summed E-state index contributed by atoms with van der Waals surface area (Å²) in [5.74, 6) is 2.43. The summed E-state index contributed by atoms with van der Waals surface area (Å²) in [6, 6.07) is 4.10. The molecule has 1 aliphatic heterocycles. The average Bonchev–Trinajstić information content (AvgIpc) is 2.61. The van der Waals surface area contributed by atoms with Gasteiger partial charge in [-0.15, -0.1) is 5.10 Å². The third-order valence-corrected chi connectivity index (χ3v) is 4.48. The molecule has 3 heterocycles. The monoisotopic (exact) mass is 312 g/mol. The van der Waals surface area contributed by atoms with E-state index in [1.165, 1.54) is 18.4 Å². The van der Waals surface area contributed by atoms with Gasteiger partial charge >= 0.3 is 0 Å². The molecular formula is C17H24N6. The smallest absolute Gasteiger partial charge is 0.247 e. The van der Waals surface area contributed by atoms with Gasteiger partial charge in [-0.3, -0.25) is 4.98 Å². The van der Waals surface area contributed by atoms with E-state index < -0.39 is 0 Å². The third-order valence-electron chi connectivity index (χ3n) is 4.48. The van der Waals surface area contributed by atoms with Crippen molar-refractivity contribution >= 4 is 11.8 Å². The molecule has 0 spiro atoms. The first-order valence-corrected chi connectivity index (χ1v) is 8.27. The second kappa shape index (κ2) is 7.35. The lowest BCUT2D eigenvalue weighted by atomic mass is 10.00. The molecule has 0 unspecified atom stereocenters. The Hall–Kier alpha value is -2.24. The van der Waals surface area contributed by atoms with Gasteiger partial charge in [0.15, 0.2) is 5.82 Å². The molecule has 1 aliphatic rings. The number of likely N-dealkylation sites (N-methyl/N-ethyl adjacent to an activating group) is 1. The molecule has 0 aliphatic carbocycles. The average molecular weight is 312 g/mol. The van der Waals surface area contributed by atoms with Gasteiger partial charge in [-0.25, -0.2) is 0 Å². The lowest BCUT2D eigenvalue weighted by molar-refractivity contribution is 0.433. The zero-order valence-electron chi connectivity index (χ0n) is 13.9. The Bertz CT molecular complexity index is 609. The number of aromatic nitrogens is 4. The first-order valence-electron chi connectivity index (χ1n) is 8.27. The minimum Gasteiger partial charge on any atom is -0.358 e. The van der Waals surface area contributed by atoms with Gasteiger partial charge < -0.3 is 9.80 Å². The van der Waals surface area contributed by atoms with Gasteiger partial charge in [-0.05, 0) is 42.9 Å². The van der Waals surface area contributed by atoms with Crippen LogP contribution in [0.1, 0.15) is 25.3 Å². The molecule has 0 N–H and O–H groups in total. The van der Waals surface area contributed by atoms with Crippen LogP contribution in [0.5, 0.6) is 0 Å². The highest BCUT2D eigenvalue weighted by Crippen LogP contribution is 2.20. The minimum absolute atomic E-state index is 0.755. The maximum absolute atomic E-state index is 4.70. The standard InChI is InChI=1S/C17H24N6/c1-14-5-11-23(12-6-14)17-20-16(13-19-21-17)22(2)10-7-15-3-8-18-9-4-15/h3-4,8-9,13-14H,5-7,10-12H2,1-2H3. The molecule has 0 aromatic carbocycles. The number of anilines is 2. The largest absolute Gasteiger partial charge is 0.358 e. The Morgan fingerprint density at radius 2 is 1.96 bits per heavy atom. The van der Waals surface area contributed by atoms with Gasteiger partial charge in [0.2, 0.25) is 5.95 Å². The molecule has 2 aromatic heterocycles. The number of hydrogen-bond donors (Lipinski definition) is 0. The second-order valence-electron chi connectivity index (χ2n) is 6.31. The third kappa shape index (κ3) is 4.15. The molecule has 0 radical (unpaired) electrons. The minimum atomic E-state index is 0.755. The summed E-state index contributed by atoms with van der Waals surface area (Å²) in [7, 11) is 2.05. The highest BCUT2D eigenvalue weighted by Gasteiger charge is 2.19. The molecule has 6 nitrogen and oxygen atoms in total. The fourth-order valence-corrected chi connectivity index (χ4v) is 2.77. The van der Waals surface area contributed by atoms with Crippen molar-refractivity contribution in [3.05, 3.63) is 36.3 Å². The second-order valence-corrected chi connectivity index (χ2v) is 6.31. The molecular weight excluding hydrogens is 288 g/mol. The van der Waals surface area contributed by atoms with Crippen molar-refractivity contribution in [2.24, 2.45) is 5.92 Å². The predicted molar refractivity (Wildman–Crippen MR) is 91.6 cm³/mol. The van der Waals surface area contributed by atoms with Crippen LogP contribution in [0, 0.1) is 5.92 Å². The molecule has 1 saturated heterocycles. The lowest BCUT2D eigenvalue weighted by Gasteiger charge is -2.30. The van der Waals surface area contributed by atoms with Crippen LogP contribution in [-0.4, -0.2) is 46.8 Å². The van der Waals surface area contributed by atoms with E-state index in [4.69, 9.17) is 4.98 Å². The molecule has 0 bridgehead atoms. The molecule has 0 amide bonds. The summed E-state index contributed by atoms with van der Waals surface area (Å²) in [6.07, 6.45) is 8.76. The quantitative estimate of drug-likeness (QED) is 0.843. The van der Waals surface area contributed by atoms with Gasteiger partial charge in [-0.2, -0.15) is 10.1 Å². The molecule has 0 atom stereocenters. The van der Waals surface area contributed by atoms with Crippen LogP contribution in [0.3, 0.4) is 0 Å². The van der Waals surface area contributed by atoms with Crippen molar-refractivity contribution in [3.8, 4) is 0 Å². The molecule has 122 valence electrons. The molecule has 2 aromatic rings. The van der Waals surface area contributed by atoms with E-state index in [1.54, 1.807) is 6.20 Å². The van der Waals surface area contributed by atoms with Crippen LogP contribution in [0.25, 0.3) is 0 Å². The fourth-order valence-electron chi connectivity index (χ4n) is 2.77. The highest BCUT2D eigenvalue weighted by atomic mass is 15.3. The van der Waals surface area contributed by atoms with Crippen molar-refractivity contribution < 1.29 is 0 Å². The van der Waals surface area contributed by atoms with Gasteiger partial charge in [0.25, 0.3) is 0 Å². The van der Waals surface area contributed by atoms with Gasteiger partial charge in [0.05, 0.1) is 6.20 Å². The molecule has 23 heavy (non-hydrogen) atoms. The lowest BCUT2D eigenvalue weighted by Crippen LogP contribution is -2.34. The summed E-state index contributed by atoms with van der Waals surface area (Å²) in [4.78, 5) is 13.1. The number of rotatable bonds is 5. The number of pyridine rings is 1. The van der Waals surface area contributed by atoms with Crippen LogP contribution in [0.15, 0.2) is 30.7 Å². The Balaban J connectivity index is 1.62. The van der Waals surface area contributed by atoms with Crippen molar-refractivity contribution in [2.75, 3.05) is 36.5 Å². The summed E-state index contributed by atoms with van der Waals surface area (Å²) >= 11 is 0. The van der Waals surface area contributed by atoms with Gasteiger partial charge in [0.1, 0.15) is 0 Å². The number of nitrogens with zero attached hydrogens (tertiary/aromatic N) is 6. The van der Waals surface area contributed by atoms with Crippen molar-refractivity contribution in [3.63, 3.8) is 0 Å². The summed E-state index contributed by atoms with van der Waals surface area (Å²) in [5, 5.41) is 8.37. The normalized spacial score (nSPS) is 15.7. The van der Waals surface area contributed by atoms with E-state index >= 15 is 0 Å². The summed E-state index contributed by atoms with van der Waals surface area (Å²) < 4.78 is 0. The molecule has 6 heteroatoms. The maximum atomic E-state index is 4.70. The van der Waals surface area contributed by atoms with Crippen molar-refractivity contribution in [2.45, 2.75) is 26.2 Å². The van der Waals surface area contributed by atoms with Gasteiger partial charge in [0, 0.05) is 39.1 Å². The van der Waals surface area contributed by atoms with E-state index in [0.717, 1.165) is 43.7 Å². The Labute approximate surface area is 137 Å². The summed E-state index contributed by atoms with van der Waals surface area (Å²) in [5.41, 5.74) is 1.28. The topological polar surface area (TPSA) is 58.0 Å². The summed E-state index contributed by atoms with van der Waals surface area (Å²) in [6.45, 7) is 5.24. The Morgan fingerprint density at radius 3 is 2.70 bits per heavy atom. The van der Waals surface area contributed by atoms with E-state index in [1.807, 2.05) is 31.6 Å². The fraction of sp³-hybridized carbons (Fsp3) is 0.529. The predicted octanol–water partition coefficient (Wildman–Crippen LogP) is 2.18. The van der Waals surface area contributed by atoms with Crippen LogP contribution in [-0.2, 0) is 6.42 Å². The molecule has 1 fully saturated rings. The van der Waals surface area contributed by atoms with E-state index in [0.29, 0.717) is 0 Å². The van der Waals surface area contributed by atoms with Crippen LogP contribution in [0.4, 0.5) is 11.8 Å². The van der Waals surface area contributed by atoms with E-state index in [2.05, 4.69) is 31.9 Å². The van der Waals surface area contributed by atoms with Gasteiger partial charge in [-0.1, -0.05) is 6.92 Å². The maximum Gasteiger partial charge on any atom is 0.247 e. The van der Waals surface area contributed by atoms with E-state index in [9.17, 15) is 0 Å². The first kappa shape index (κ1) is 15.6. The molecule has 0 saturated carbocycles. The van der Waals surface area contributed by atoms with Crippen LogP contribution in [0.2, 0.25) is 0 Å². The Kier molecular flexibility index (Phi) is 5.00. The number of hydrogen-bond acceptors (Lipinski definition) is 6. The Morgan fingerprint density at radius 1 is 1.22 bits per heavy atom. The van der Waals surface area contributed by atoms with Crippen LogP contribution < -0.4 is 9.80 Å². The molecule has 3 rings (SSSR count). The van der Waals surface area contributed by atoms with Crippen LogP contribution >= 0.6 is 0 Å². The van der Waals surface area contributed by atoms with E-state index in [-0.39, 0.29) is 0 Å². The first-order chi connectivity index (χ1) is 11.2. The highest BCUT2D eigenvalue weighted by molar-refractivity contribution is 5.41. The number of piperidine rings is 1. The van der Waals surface area contributed by atoms with Crippen molar-refractivity contribution in [1.29, 1.82) is 0 Å². The zero-order valence-corrected chi connectivity index (χ0v) is 13.9. The van der Waals surface area contributed by atoms with Crippen molar-refractivity contribution in [1.82, 2.24) is 20.2 Å².